The third-order valence-electron chi connectivity index (χ3n) is 3.46. The standard InChI is InChI=1S/C18H21NO3/c1-4-12-19-17(11-10-16(13(3)20)18(19)21)14-6-8-15(9-7-14)22-5-2/h6-11H,4-5,12H2,1-3H3. The van der Waals surface area contributed by atoms with Crippen LogP contribution in [0.2, 0.25) is 0 Å². The zero-order valence-corrected chi connectivity index (χ0v) is 13.3. The van der Waals surface area contributed by atoms with Gasteiger partial charge in [-0.2, -0.15) is 0 Å². The molecule has 116 valence electrons. The highest BCUT2D eigenvalue weighted by Gasteiger charge is 2.12. The highest BCUT2D eigenvalue weighted by atomic mass is 16.5. The summed E-state index contributed by atoms with van der Waals surface area (Å²) in [6.45, 7) is 6.57. The molecule has 1 aromatic carbocycles. The number of pyridine rings is 1. The third-order valence-corrected chi connectivity index (χ3v) is 3.46. The van der Waals surface area contributed by atoms with Crippen molar-refractivity contribution in [3.05, 3.63) is 52.3 Å². The number of ketones is 1. The summed E-state index contributed by atoms with van der Waals surface area (Å²) in [4.78, 5) is 24.0. The maximum atomic E-state index is 12.5. The summed E-state index contributed by atoms with van der Waals surface area (Å²) < 4.78 is 7.11. The van der Waals surface area contributed by atoms with Crippen molar-refractivity contribution in [3.63, 3.8) is 0 Å². The Labute approximate surface area is 130 Å². The Kier molecular flexibility index (Phi) is 5.15. The number of carbonyl (C=O) groups is 1. The molecule has 1 aromatic heterocycles. The molecule has 0 unspecified atom stereocenters. The molecule has 22 heavy (non-hydrogen) atoms. The molecule has 0 bridgehead atoms. The predicted octanol–water partition coefficient (Wildman–Crippen LogP) is 3.53. The van der Waals surface area contributed by atoms with Crippen molar-refractivity contribution in [1.82, 2.24) is 4.57 Å². The number of hydrogen-bond acceptors (Lipinski definition) is 3. The first-order valence-electron chi connectivity index (χ1n) is 7.56. The first-order valence-corrected chi connectivity index (χ1v) is 7.56. The van der Waals surface area contributed by atoms with Crippen LogP contribution in [0, 0.1) is 0 Å². The molecule has 0 N–H and O–H groups in total. The quantitative estimate of drug-likeness (QED) is 0.767. The van der Waals surface area contributed by atoms with Gasteiger partial charge in [-0.05, 0) is 62.2 Å². The highest BCUT2D eigenvalue weighted by Crippen LogP contribution is 2.22. The monoisotopic (exact) mass is 299 g/mol. The van der Waals surface area contributed by atoms with Gasteiger partial charge in [-0.25, -0.2) is 0 Å². The molecule has 1 heterocycles. The minimum absolute atomic E-state index is 0.201. The lowest BCUT2D eigenvalue weighted by Gasteiger charge is -2.14. The molecule has 0 aliphatic carbocycles. The molecule has 4 nitrogen and oxygen atoms in total. The van der Waals surface area contributed by atoms with Gasteiger partial charge in [0, 0.05) is 6.54 Å². The largest absolute Gasteiger partial charge is 0.494 e. The van der Waals surface area contributed by atoms with Crippen LogP contribution in [0.15, 0.2) is 41.2 Å². The Bertz CT molecular complexity index is 714. The average molecular weight is 299 g/mol. The number of ether oxygens (including phenoxy) is 1. The van der Waals surface area contributed by atoms with Crippen LogP contribution in [0.5, 0.6) is 5.75 Å². The fourth-order valence-corrected chi connectivity index (χ4v) is 2.43. The second-order valence-corrected chi connectivity index (χ2v) is 5.10. The SMILES string of the molecule is CCCn1c(-c2ccc(OCC)cc2)ccc(C(C)=O)c1=O. The zero-order valence-electron chi connectivity index (χ0n) is 13.3. The van der Waals surface area contributed by atoms with Crippen LogP contribution in [-0.4, -0.2) is 17.0 Å². The van der Waals surface area contributed by atoms with Gasteiger partial charge < -0.3 is 9.30 Å². The third kappa shape index (κ3) is 3.27. The van der Waals surface area contributed by atoms with Gasteiger partial charge >= 0.3 is 0 Å². The van der Waals surface area contributed by atoms with Gasteiger partial charge in [0.05, 0.1) is 17.9 Å². The van der Waals surface area contributed by atoms with Crippen LogP contribution in [-0.2, 0) is 6.54 Å². The molecular weight excluding hydrogens is 278 g/mol. The lowest BCUT2D eigenvalue weighted by atomic mass is 10.1. The first kappa shape index (κ1) is 16.0. The van der Waals surface area contributed by atoms with Gasteiger partial charge in [-0.1, -0.05) is 6.92 Å². The highest BCUT2D eigenvalue weighted by molar-refractivity contribution is 5.94. The molecule has 4 heteroatoms. The molecule has 0 saturated heterocycles. The number of aromatic nitrogens is 1. The summed E-state index contributed by atoms with van der Waals surface area (Å²) in [5, 5.41) is 0. The Morgan fingerprint density at radius 3 is 2.32 bits per heavy atom. The molecular formula is C18H21NO3. The van der Waals surface area contributed by atoms with Crippen molar-refractivity contribution < 1.29 is 9.53 Å². The van der Waals surface area contributed by atoms with E-state index in [4.69, 9.17) is 4.74 Å². The molecule has 0 saturated carbocycles. The van der Waals surface area contributed by atoms with E-state index in [-0.39, 0.29) is 16.9 Å². The lowest BCUT2D eigenvalue weighted by Crippen LogP contribution is -2.26. The molecule has 0 spiro atoms. The number of Topliss-reactive ketones (excluding diaryl/α,β-unsaturated/α-hetero) is 1. The van der Waals surface area contributed by atoms with E-state index in [1.165, 1.54) is 6.92 Å². The Morgan fingerprint density at radius 2 is 1.77 bits per heavy atom. The predicted molar refractivity (Wildman–Crippen MR) is 87.6 cm³/mol. The van der Waals surface area contributed by atoms with Crippen LogP contribution in [0.3, 0.4) is 0 Å². The van der Waals surface area contributed by atoms with Crippen molar-refractivity contribution in [1.29, 1.82) is 0 Å². The summed E-state index contributed by atoms with van der Waals surface area (Å²) >= 11 is 0. The van der Waals surface area contributed by atoms with E-state index >= 15 is 0 Å². The number of hydrogen-bond donors (Lipinski definition) is 0. The summed E-state index contributed by atoms with van der Waals surface area (Å²) in [5.74, 6) is 0.601. The molecule has 2 rings (SSSR count). The first-order chi connectivity index (χ1) is 10.6. The van der Waals surface area contributed by atoms with Crippen LogP contribution >= 0.6 is 0 Å². The summed E-state index contributed by atoms with van der Waals surface area (Å²) in [6.07, 6.45) is 0.825. The molecule has 0 fully saturated rings. The van der Waals surface area contributed by atoms with Crippen LogP contribution in [0.1, 0.15) is 37.6 Å². The van der Waals surface area contributed by atoms with Crippen molar-refractivity contribution in [2.45, 2.75) is 33.7 Å². The van der Waals surface area contributed by atoms with E-state index in [9.17, 15) is 9.59 Å². The van der Waals surface area contributed by atoms with Crippen molar-refractivity contribution >= 4 is 5.78 Å². The van der Waals surface area contributed by atoms with Crippen molar-refractivity contribution in [3.8, 4) is 17.0 Å². The smallest absolute Gasteiger partial charge is 0.261 e. The Balaban J connectivity index is 2.52. The van der Waals surface area contributed by atoms with Crippen LogP contribution in [0.4, 0.5) is 0 Å². The van der Waals surface area contributed by atoms with Gasteiger partial charge in [0.25, 0.3) is 5.56 Å². The molecule has 0 atom stereocenters. The number of benzene rings is 1. The van der Waals surface area contributed by atoms with Gasteiger partial charge in [-0.15, -0.1) is 0 Å². The van der Waals surface area contributed by atoms with E-state index in [2.05, 4.69) is 0 Å². The minimum Gasteiger partial charge on any atom is -0.494 e. The lowest BCUT2D eigenvalue weighted by molar-refractivity contribution is 0.101. The molecule has 0 aliphatic rings. The number of carbonyl (C=O) groups excluding carboxylic acids is 1. The second-order valence-electron chi connectivity index (χ2n) is 5.10. The van der Waals surface area contributed by atoms with E-state index in [1.54, 1.807) is 10.6 Å². The molecule has 2 aromatic rings. The number of nitrogens with zero attached hydrogens (tertiary/aromatic N) is 1. The maximum absolute atomic E-state index is 12.5. The average Bonchev–Trinajstić information content (AvgIpc) is 2.50. The van der Waals surface area contributed by atoms with Crippen LogP contribution in [0.25, 0.3) is 11.3 Å². The van der Waals surface area contributed by atoms with Gasteiger partial charge in [0.15, 0.2) is 5.78 Å². The van der Waals surface area contributed by atoms with E-state index in [1.807, 2.05) is 44.2 Å². The Hall–Kier alpha value is -2.36. The maximum Gasteiger partial charge on any atom is 0.261 e. The molecule has 0 aliphatic heterocycles. The summed E-state index contributed by atoms with van der Waals surface area (Å²) in [5.41, 5.74) is 1.77. The fraction of sp³-hybridized carbons (Fsp3) is 0.333. The normalized spacial score (nSPS) is 10.5. The second kappa shape index (κ2) is 7.07. The van der Waals surface area contributed by atoms with Crippen LogP contribution < -0.4 is 10.3 Å². The summed E-state index contributed by atoms with van der Waals surface area (Å²) in [6, 6.07) is 11.1. The van der Waals surface area contributed by atoms with Gasteiger partial charge in [-0.3, -0.25) is 9.59 Å². The van der Waals surface area contributed by atoms with E-state index < -0.39 is 0 Å². The van der Waals surface area contributed by atoms with Crippen molar-refractivity contribution in [2.75, 3.05) is 6.61 Å². The fourth-order valence-electron chi connectivity index (χ4n) is 2.43. The topological polar surface area (TPSA) is 48.3 Å². The van der Waals surface area contributed by atoms with Gasteiger partial charge in [0.1, 0.15) is 5.75 Å². The van der Waals surface area contributed by atoms with Gasteiger partial charge in [0.2, 0.25) is 0 Å². The van der Waals surface area contributed by atoms with E-state index in [0.717, 1.165) is 23.4 Å². The van der Waals surface area contributed by atoms with Crippen molar-refractivity contribution in [2.24, 2.45) is 0 Å². The zero-order chi connectivity index (χ0) is 16.1. The number of rotatable bonds is 6. The summed E-state index contributed by atoms with van der Waals surface area (Å²) in [7, 11) is 0. The Morgan fingerprint density at radius 1 is 1.09 bits per heavy atom. The van der Waals surface area contributed by atoms with E-state index in [0.29, 0.717) is 13.2 Å². The molecule has 0 amide bonds. The molecule has 0 radical (unpaired) electrons. The minimum atomic E-state index is -0.222.